The first-order valence-electron chi connectivity index (χ1n) is 6.84. The van der Waals surface area contributed by atoms with E-state index in [9.17, 15) is 5.11 Å². The molecule has 0 fully saturated rings. The van der Waals surface area contributed by atoms with E-state index in [1.807, 2.05) is 0 Å². The number of nitrogens with two attached hydrogens (primary N) is 1. The second-order valence-corrected chi connectivity index (χ2v) is 5.88. The fraction of sp³-hybridized carbons (Fsp3) is 0.625. The molecule has 19 heavy (non-hydrogen) atoms. The highest BCUT2D eigenvalue weighted by Crippen LogP contribution is 2.26. The fourth-order valence-corrected chi connectivity index (χ4v) is 2.59. The molecule has 0 bridgehead atoms. The van der Waals surface area contributed by atoms with Crippen LogP contribution in [0.1, 0.15) is 55.0 Å². The molecule has 0 heterocycles. The van der Waals surface area contributed by atoms with Gasteiger partial charge < -0.3 is 10.8 Å². The van der Waals surface area contributed by atoms with E-state index in [1.165, 1.54) is 16.7 Å². The topological polar surface area (TPSA) is 46.2 Å². The normalized spacial score (nSPS) is 14.1. The lowest BCUT2D eigenvalue weighted by Crippen LogP contribution is -2.28. The van der Waals surface area contributed by atoms with Crippen LogP contribution in [0.5, 0.6) is 0 Å². The summed E-state index contributed by atoms with van der Waals surface area (Å²) in [6, 6.07) is 4.00. The zero-order valence-electron chi connectivity index (χ0n) is 12.7. The lowest BCUT2D eigenvalue weighted by molar-refractivity contribution is 0.128. The molecule has 0 aliphatic heterocycles. The van der Waals surface area contributed by atoms with Crippen molar-refractivity contribution in [2.75, 3.05) is 0 Å². The molecule has 0 amide bonds. The molecule has 2 atom stereocenters. The highest BCUT2D eigenvalue weighted by atomic mass is 35.5. The summed E-state index contributed by atoms with van der Waals surface area (Å²) in [6.45, 7) is 10.6. The van der Waals surface area contributed by atoms with Crippen LogP contribution in [0.2, 0.25) is 0 Å². The molecule has 0 spiro atoms. The third-order valence-electron chi connectivity index (χ3n) is 3.53. The van der Waals surface area contributed by atoms with E-state index in [4.69, 9.17) is 5.73 Å². The Labute approximate surface area is 123 Å². The van der Waals surface area contributed by atoms with Gasteiger partial charge in [0.25, 0.3) is 0 Å². The van der Waals surface area contributed by atoms with Gasteiger partial charge in [0, 0.05) is 0 Å². The summed E-state index contributed by atoms with van der Waals surface area (Å²) in [7, 11) is 0. The third kappa shape index (κ3) is 5.13. The highest BCUT2D eigenvalue weighted by Gasteiger charge is 2.20. The molecule has 0 aliphatic carbocycles. The lowest BCUT2D eigenvalue weighted by atomic mass is 9.89. The number of halogens is 1. The Bertz CT molecular complexity index is 381. The van der Waals surface area contributed by atoms with Crippen LogP contribution < -0.4 is 5.73 Å². The van der Waals surface area contributed by atoms with Crippen LogP contribution in [-0.2, 0) is 0 Å². The minimum absolute atomic E-state index is 0. The number of hydrogen-bond donors (Lipinski definition) is 2. The van der Waals surface area contributed by atoms with Gasteiger partial charge in [0.1, 0.15) is 0 Å². The first-order valence-corrected chi connectivity index (χ1v) is 6.84. The maximum absolute atomic E-state index is 10.2. The predicted octanol–water partition coefficient (Wildman–Crippen LogP) is 3.83. The second-order valence-electron chi connectivity index (χ2n) is 5.88. The summed E-state index contributed by atoms with van der Waals surface area (Å²) in [4.78, 5) is 0. The predicted molar refractivity (Wildman–Crippen MR) is 84.9 cm³/mol. The zero-order chi connectivity index (χ0) is 13.9. The van der Waals surface area contributed by atoms with Gasteiger partial charge in [0.2, 0.25) is 0 Å². The molecule has 3 N–H and O–H groups in total. The molecule has 2 nitrogen and oxygen atoms in total. The molecule has 1 rings (SSSR count). The molecule has 3 heteroatoms. The van der Waals surface area contributed by atoms with Crippen LogP contribution in [0.25, 0.3) is 0 Å². The Hall–Kier alpha value is -0.570. The van der Waals surface area contributed by atoms with Crippen molar-refractivity contribution in [1.82, 2.24) is 0 Å². The number of benzene rings is 1. The van der Waals surface area contributed by atoms with Gasteiger partial charge in [-0.15, -0.1) is 12.4 Å². The van der Waals surface area contributed by atoms with Gasteiger partial charge in [0.15, 0.2) is 0 Å². The molecular weight excluding hydrogens is 258 g/mol. The first-order chi connectivity index (χ1) is 8.32. The van der Waals surface area contributed by atoms with Crippen LogP contribution in [0.15, 0.2) is 12.1 Å². The summed E-state index contributed by atoms with van der Waals surface area (Å²) in [5.41, 5.74) is 11.0. The molecule has 0 saturated carbocycles. The molecule has 0 saturated heterocycles. The minimum atomic E-state index is -0.451. The largest absolute Gasteiger partial charge is 0.391 e. The van der Waals surface area contributed by atoms with E-state index in [-0.39, 0.29) is 18.4 Å². The molecule has 1 aromatic rings. The van der Waals surface area contributed by atoms with Crippen molar-refractivity contribution in [3.8, 4) is 0 Å². The Balaban J connectivity index is 0.00000324. The van der Waals surface area contributed by atoms with Crippen molar-refractivity contribution >= 4 is 12.4 Å². The number of aryl methyl sites for hydroxylation is 3. The molecule has 0 radical (unpaired) electrons. The summed E-state index contributed by atoms with van der Waals surface area (Å²) in [5.74, 6) is 0.604. The van der Waals surface area contributed by atoms with Gasteiger partial charge in [0.05, 0.1) is 12.1 Å². The van der Waals surface area contributed by atoms with Crippen molar-refractivity contribution in [1.29, 1.82) is 0 Å². The van der Waals surface area contributed by atoms with Crippen LogP contribution in [0, 0.1) is 26.7 Å². The smallest absolute Gasteiger partial charge is 0.0733 e. The number of hydrogen-bond acceptors (Lipinski definition) is 2. The van der Waals surface area contributed by atoms with Crippen molar-refractivity contribution in [2.45, 2.75) is 59.6 Å². The van der Waals surface area contributed by atoms with Gasteiger partial charge >= 0.3 is 0 Å². The van der Waals surface area contributed by atoms with Crippen molar-refractivity contribution in [2.24, 2.45) is 11.7 Å². The van der Waals surface area contributed by atoms with Gasteiger partial charge in [-0.25, -0.2) is 0 Å². The van der Waals surface area contributed by atoms with E-state index in [2.05, 4.69) is 46.8 Å². The number of aliphatic hydroxyl groups excluding tert-OH is 1. The van der Waals surface area contributed by atoms with E-state index in [0.717, 1.165) is 18.4 Å². The SMILES string of the molecule is Cc1cc(C)c([C@@H](N)[C@@H](O)CCC(C)C)c(C)c1.Cl. The summed E-state index contributed by atoms with van der Waals surface area (Å²) >= 11 is 0. The first kappa shape index (κ1) is 18.4. The average Bonchev–Trinajstić information content (AvgIpc) is 2.24. The molecule has 0 aliphatic rings. The Morgan fingerprint density at radius 1 is 1.05 bits per heavy atom. The molecule has 0 aromatic heterocycles. The van der Waals surface area contributed by atoms with Gasteiger partial charge in [-0.05, 0) is 56.2 Å². The van der Waals surface area contributed by atoms with E-state index >= 15 is 0 Å². The van der Waals surface area contributed by atoms with Gasteiger partial charge in [-0.3, -0.25) is 0 Å². The second kappa shape index (κ2) is 7.88. The van der Waals surface area contributed by atoms with E-state index in [1.54, 1.807) is 0 Å². The monoisotopic (exact) mass is 285 g/mol. The summed E-state index contributed by atoms with van der Waals surface area (Å²) in [5, 5.41) is 10.2. The quantitative estimate of drug-likeness (QED) is 0.864. The maximum Gasteiger partial charge on any atom is 0.0733 e. The van der Waals surface area contributed by atoms with Crippen LogP contribution in [-0.4, -0.2) is 11.2 Å². The average molecular weight is 286 g/mol. The summed E-state index contributed by atoms with van der Waals surface area (Å²) in [6.07, 6.45) is 1.33. The Morgan fingerprint density at radius 3 is 1.95 bits per heavy atom. The third-order valence-corrected chi connectivity index (χ3v) is 3.53. The fourth-order valence-electron chi connectivity index (χ4n) is 2.59. The number of aliphatic hydroxyl groups is 1. The van der Waals surface area contributed by atoms with Gasteiger partial charge in [-0.1, -0.05) is 31.5 Å². The van der Waals surface area contributed by atoms with Gasteiger partial charge in [-0.2, -0.15) is 0 Å². The molecule has 0 unspecified atom stereocenters. The van der Waals surface area contributed by atoms with Crippen molar-refractivity contribution < 1.29 is 5.11 Å². The highest BCUT2D eigenvalue weighted by molar-refractivity contribution is 5.85. The zero-order valence-corrected chi connectivity index (χ0v) is 13.6. The van der Waals surface area contributed by atoms with Crippen molar-refractivity contribution in [3.05, 3.63) is 34.4 Å². The molecule has 1 aromatic carbocycles. The van der Waals surface area contributed by atoms with Crippen molar-refractivity contribution in [3.63, 3.8) is 0 Å². The number of rotatable bonds is 5. The van der Waals surface area contributed by atoms with Crippen LogP contribution in [0.3, 0.4) is 0 Å². The molecule has 110 valence electrons. The Morgan fingerprint density at radius 2 is 1.53 bits per heavy atom. The lowest BCUT2D eigenvalue weighted by Gasteiger charge is -2.24. The standard InChI is InChI=1S/C16H27NO.ClH/c1-10(2)6-7-14(18)16(17)15-12(4)8-11(3)9-13(15)5;/h8-10,14,16,18H,6-7,17H2,1-5H3;1H/t14-,16-;/m0./s1. The Kier molecular flexibility index (Phi) is 7.65. The van der Waals surface area contributed by atoms with Crippen LogP contribution >= 0.6 is 12.4 Å². The van der Waals surface area contributed by atoms with E-state index in [0.29, 0.717) is 5.92 Å². The molecular formula is C16H28ClNO. The summed E-state index contributed by atoms with van der Waals surface area (Å²) < 4.78 is 0. The maximum atomic E-state index is 10.2. The minimum Gasteiger partial charge on any atom is -0.391 e. The van der Waals surface area contributed by atoms with Crippen LogP contribution in [0.4, 0.5) is 0 Å². The van der Waals surface area contributed by atoms with E-state index < -0.39 is 6.10 Å².